The maximum Gasteiger partial charge on any atom is 0.417 e. The molecule has 0 unspecified atom stereocenters. The van der Waals surface area contributed by atoms with E-state index in [9.17, 15) is 23.1 Å². The third-order valence-electron chi connectivity index (χ3n) is 5.77. The predicted molar refractivity (Wildman–Crippen MR) is 140 cm³/mol. The molecule has 0 bridgehead atoms. The molecule has 3 N–H and O–H groups in total. The van der Waals surface area contributed by atoms with E-state index in [0.717, 1.165) is 17.5 Å². The van der Waals surface area contributed by atoms with E-state index in [-0.39, 0.29) is 4.90 Å². The lowest BCUT2D eigenvalue weighted by molar-refractivity contribution is -0.140. The average Bonchev–Trinajstić information content (AvgIpc) is 3.12. The lowest BCUT2D eigenvalue weighted by atomic mass is 10.1. The van der Waals surface area contributed by atoms with Crippen LogP contribution in [0.25, 0.3) is 11.1 Å². The molecule has 0 spiro atoms. The molecule has 0 saturated carbocycles. The minimum atomic E-state index is -4.01. The first kappa shape index (κ1) is 27.0. The minimum absolute atomic E-state index is 0.0421. The third kappa shape index (κ3) is 6.61. The Balaban J connectivity index is 1.38. The highest BCUT2D eigenvalue weighted by Crippen LogP contribution is 2.32. The van der Waals surface area contributed by atoms with Crippen LogP contribution in [-0.4, -0.2) is 44.8 Å². The quantitative estimate of drug-likeness (QED) is 0.379. The number of fused-ring (bicyclic) bond motifs is 1. The van der Waals surface area contributed by atoms with Crippen LogP contribution in [0.1, 0.15) is 20.3 Å². The highest BCUT2D eigenvalue weighted by Gasteiger charge is 2.28. The normalized spacial score (nSPS) is 13.9. The maximum absolute atomic E-state index is 12.6. The zero-order chi connectivity index (χ0) is 27.3. The van der Waals surface area contributed by atoms with Crippen LogP contribution in [0, 0.1) is 5.92 Å². The van der Waals surface area contributed by atoms with E-state index >= 15 is 0 Å². The number of aliphatic carboxylic acids is 1. The van der Waals surface area contributed by atoms with Crippen molar-refractivity contribution < 1.29 is 37.3 Å². The number of carbonyl (C=O) groups excluding carboxylic acids is 1. The minimum Gasteiger partial charge on any atom is -0.490 e. The van der Waals surface area contributed by atoms with E-state index < -0.39 is 34.0 Å². The van der Waals surface area contributed by atoms with Gasteiger partial charge < -0.3 is 19.3 Å². The lowest BCUT2D eigenvalue weighted by Crippen LogP contribution is -2.44. The molecule has 1 atom stereocenters. The Labute approximate surface area is 220 Å². The van der Waals surface area contributed by atoms with E-state index in [1.54, 1.807) is 68.4 Å². The van der Waals surface area contributed by atoms with Crippen LogP contribution in [0.3, 0.4) is 0 Å². The Kier molecular flexibility index (Phi) is 8.18. The Bertz CT molecular complexity index is 1400. The number of hydrogen-bond acceptors (Lipinski definition) is 7. The molecule has 10 nitrogen and oxygen atoms in total. The van der Waals surface area contributed by atoms with Gasteiger partial charge in [-0.05, 0) is 53.4 Å². The Hall–Kier alpha value is -4.09. The summed E-state index contributed by atoms with van der Waals surface area (Å²) in [5, 5.41) is 11.9. The number of carboxylic acids is 1. The maximum atomic E-state index is 12.6. The van der Waals surface area contributed by atoms with Gasteiger partial charge in [-0.15, -0.1) is 0 Å². The van der Waals surface area contributed by atoms with Gasteiger partial charge in [0.05, 0.1) is 18.1 Å². The second kappa shape index (κ2) is 11.5. The lowest BCUT2D eigenvalue weighted by Gasteiger charge is -2.18. The summed E-state index contributed by atoms with van der Waals surface area (Å²) in [6.45, 7) is 4.36. The number of rotatable bonds is 8. The molecule has 200 valence electrons. The smallest absolute Gasteiger partial charge is 0.417 e. The summed E-state index contributed by atoms with van der Waals surface area (Å²) in [5.41, 5.74) is 2.00. The van der Waals surface area contributed by atoms with Crippen molar-refractivity contribution in [1.82, 2.24) is 4.72 Å². The summed E-state index contributed by atoms with van der Waals surface area (Å²) < 4.78 is 44.0. The first-order valence-corrected chi connectivity index (χ1v) is 13.4. The Morgan fingerprint density at radius 1 is 0.895 bits per heavy atom. The highest BCUT2D eigenvalue weighted by atomic mass is 32.2. The number of anilines is 1. The monoisotopic (exact) mass is 540 g/mol. The van der Waals surface area contributed by atoms with Crippen LogP contribution in [0.2, 0.25) is 0 Å². The van der Waals surface area contributed by atoms with Crippen molar-refractivity contribution in [2.75, 3.05) is 18.5 Å². The number of benzene rings is 3. The molecular formula is C27H28N2O8S. The fourth-order valence-corrected chi connectivity index (χ4v) is 5.08. The second-order valence-corrected chi connectivity index (χ2v) is 10.7. The van der Waals surface area contributed by atoms with E-state index in [2.05, 4.69) is 10.0 Å². The van der Waals surface area contributed by atoms with Crippen LogP contribution in [0.5, 0.6) is 17.2 Å². The number of ether oxygens (including phenoxy) is 3. The van der Waals surface area contributed by atoms with Crippen LogP contribution in [-0.2, 0) is 14.8 Å². The molecule has 0 aromatic heterocycles. The molecule has 0 aliphatic carbocycles. The summed E-state index contributed by atoms with van der Waals surface area (Å²) in [7, 11) is -4.01. The van der Waals surface area contributed by atoms with Crippen molar-refractivity contribution in [3.8, 4) is 28.4 Å². The zero-order valence-electron chi connectivity index (χ0n) is 20.8. The molecule has 1 amide bonds. The average molecular weight is 541 g/mol. The van der Waals surface area contributed by atoms with Crippen molar-refractivity contribution in [3.63, 3.8) is 0 Å². The number of sulfonamides is 1. The van der Waals surface area contributed by atoms with Gasteiger partial charge in [-0.2, -0.15) is 4.72 Å². The van der Waals surface area contributed by atoms with Gasteiger partial charge in [0.1, 0.15) is 11.8 Å². The van der Waals surface area contributed by atoms with Gasteiger partial charge in [0, 0.05) is 18.2 Å². The predicted octanol–water partition coefficient (Wildman–Crippen LogP) is 4.51. The first-order valence-electron chi connectivity index (χ1n) is 12.0. The molecule has 11 heteroatoms. The summed E-state index contributed by atoms with van der Waals surface area (Å²) in [6, 6.07) is 16.6. The van der Waals surface area contributed by atoms with Crippen molar-refractivity contribution in [2.45, 2.75) is 31.2 Å². The summed E-state index contributed by atoms with van der Waals surface area (Å²) in [6.07, 6.45) is 0.108. The first-order chi connectivity index (χ1) is 18.1. The molecule has 0 radical (unpaired) electrons. The van der Waals surface area contributed by atoms with Crippen molar-refractivity contribution in [2.24, 2.45) is 5.92 Å². The van der Waals surface area contributed by atoms with Gasteiger partial charge in [-0.25, -0.2) is 13.2 Å². The highest BCUT2D eigenvalue weighted by molar-refractivity contribution is 7.89. The van der Waals surface area contributed by atoms with Crippen LogP contribution >= 0.6 is 0 Å². The molecule has 1 aliphatic rings. The fourth-order valence-electron chi connectivity index (χ4n) is 3.74. The van der Waals surface area contributed by atoms with Crippen molar-refractivity contribution >= 4 is 27.8 Å². The van der Waals surface area contributed by atoms with Crippen LogP contribution < -0.4 is 24.2 Å². The molecular weight excluding hydrogens is 512 g/mol. The molecule has 3 aromatic rings. The zero-order valence-corrected chi connectivity index (χ0v) is 21.7. The number of carboxylic acid groups (broad SMARTS) is 1. The van der Waals surface area contributed by atoms with Gasteiger partial charge in [0.25, 0.3) is 0 Å². The summed E-state index contributed by atoms with van der Waals surface area (Å²) in [5.74, 6) is -0.161. The number of amides is 1. The third-order valence-corrected chi connectivity index (χ3v) is 7.23. The Morgan fingerprint density at radius 3 is 2.11 bits per heavy atom. The fraction of sp³-hybridized carbons (Fsp3) is 0.259. The van der Waals surface area contributed by atoms with E-state index in [0.29, 0.717) is 36.1 Å². The van der Waals surface area contributed by atoms with Gasteiger partial charge in [-0.3, -0.25) is 10.1 Å². The van der Waals surface area contributed by atoms with Crippen molar-refractivity contribution in [1.29, 1.82) is 0 Å². The molecule has 38 heavy (non-hydrogen) atoms. The number of nitrogens with one attached hydrogen (secondary N) is 2. The van der Waals surface area contributed by atoms with Crippen LogP contribution in [0.4, 0.5) is 10.5 Å². The van der Waals surface area contributed by atoms with Gasteiger partial charge in [-0.1, -0.05) is 38.1 Å². The number of hydrogen-bond donors (Lipinski definition) is 3. The largest absolute Gasteiger partial charge is 0.490 e. The van der Waals surface area contributed by atoms with E-state index in [1.807, 2.05) is 0 Å². The van der Waals surface area contributed by atoms with Gasteiger partial charge >= 0.3 is 12.1 Å². The summed E-state index contributed by atoms with van der Waals surface area (Å²) in [4.78, 5) is 23.7. The standard InChI is InChI=1S/C27H28N2O8S/c1-17(2)25(26(30)31)29-38(33,34)22-11-6-19(7-12-22)18-4-9-21(10-5-18)37-27(32)28-20-8-13-23-24(16-20)36-15-3-14-35-23/h4-13,16-17,25,29H,3,14-15H2,1-2H3,(H,28,32)(H,30,31)/t25-/m1/s1. The van der Waals surface area contributed by atoms with E-state index in [1.165, 1.54) is 12.1 Å². The van der Waals surface area contributed by atoms with Gasteiger partial charge in [0.2, 0.25) is 10.0 Å². The molecule has 3 aromatic carbocycles. The molecule has 4 rings (SSSR count). The van der Waals surface area contributed by atoms with Crippen LogP contribution in [0.15, 0.2) is 71.6 Å². The van der Waals surface area contributed by atoms with E-state index in [4.69, 9.17) is 14.2 Å². The summed E-state index contributed by atoms with van der Waals surface area (Å²) >= 11 is 0. The molecule has 0 saturated heterocycles. The SMILES string of the molecule is CC(C)[C@@H](NS(=O)(=O)c1ccc(-c2ccc(OC(=O)Nc3ccc4c(c3)OCCCO4)cc2)cc1)C(=O)O. The van der Waals surface area contributed by atoms with Gasteiger partial charge in [0.15, 0.2) is 11.5 Å². The molecule has 0 fully saturated rings. The molecule has 1 heterocycles. The number of carbonyl (C=O) groups is 2. The second-order valence-electron chi connectivity index (χ2n) is 8.96. The Morgan fingerprint density at radius 2 is 1.50 bits per heavy atom. The van der Waals surface area contributed by atoms with Crippen molar-refractivity contribution in [3.05, 3.63) is 66.7 Å². The molecule has 1 aliphatic heterocycles. The topological polar surface area (TPSA) is 140 Å².